The van der Waals surface area contributed by atoms with E-state index in [0.29, 0.717) is 76.6 Å². The number of carbonyl (C=O) groups is 2. The van der Waals surface area contributed by atoms with Crippen molar-refractivity contribution < 1.29 is 23.1 Å². The SMILES string of the molecule is Cn1nc(C2CCC(=O)NC2=O)c2ccc(N3CCN(CC4CCN(c5cc(Nc6ccc7c(c6)c6c(c(=O)n7C)OCC(F)(F)C(=C7CC7)N6)n6ncc(C#N)c6n5)CC4)CC3)cc21. The van der Waals surface area contributed by atoms with Gasteiger partial charge in [0, 0.05) is 94.5 Å². The molecule has 3 N–H and O–H groups in total. The van der Waals surface area contributed by atoms with Crippen molar-refractivity contribution in [3.05, 3.63) is 81.5 Å². The second-order valence-corrected chi connectivity index (χ2v) is 17.9. The van der Waals surface area contributed by atoms with Gasteiger partial charge in [-0.2, -0.15) is 28.8 Å². The van der Waals surface area contributed by atoms with E-state index in [1.54, 1.807) is 23.7 Å². The van der Waals surface area contributed by atoms with Gasteiger partial charge in [0.1, 0.15) is 23.3 Å². The van der Waals surface area contributed by atoms with Crippen molar-refractivity contribution in [2.75, 3.05) is 72.9 Å². The van der Waals surface area contributed by atoms with Crippen molar-refractivity contribution in [1.82, 2.24) is 39.2 Å². The number of piperazine rings is 1. The van der Waals surface area contributed by atoms with E-state index in [-0.39, 0.29) is 28.9 Å². The number of aromatic nitrogens is 6. The molecule has 11 rings (SSSR count). The van der Waals surface area contributed by atoms with Gasteiger partial charge in [-0.25, -0.2) is 4.98 Å². The molecule has 0 radical (unpaired) electrons. The molecule has 17 nitrogen and oxygen atoms in total. The Balaban J connectivity index is 0.768. The molecule has 2 amide bonds. The third kappa shape index (κ3) is 7.25. The van der Waals surface area contributed by atoms with Crippen LogP contribution in [0.1, 0.15) is 55.7 Å². The van der Waals surface area contributed by atoms with Gasteiger partial charge in [-0.1, -0.05) is 0 Å². The topological polar surface area (TPSA) is 183 Å². The van der Waals surface area contributed by atoms with E-state index in [1.807, 2.05) is 23.9 Å². The number of hydrogen-bond donors (Lipinski definition) is 3. The predicted molar refractivity (Wildman–Crippen MR) is 240 cm³/mol. The molecule has 5 aliphatic rings. The van der Waals surface area contributed by atoms with Crippen LogP contribution in [0.4, 0.5) is 37.5 Å². The van der Waals surface area contributed by atoms with Crippen molar-refractivity contribution in [2.24, 2.45) is 20.0 Å². The lowest BCUT2D eigenvalue weighted by atomic mass is 9.93. The van der Waals surface area contributed by atoms with E-state index in [9.17, 15) is 19.6 Å². The molecule has 4 aliphatic heterocycles. The van der Waals surface area contributed by atoms with E-state index in [2.05, 4.69) is 60.0 Å². The summed E-state index contributed by atoms with van der Waals surface area (Å²) in [4.78, 5) is 49.8. The summed E-state index contributed by atoms with van der Waals surface area (Å²) in [7, 11) is 3.49. The summed E-state index contributed by atoms with van der Waals surface area (Å²) in [5, 5.41) is 29.5. The van der Waals surface area contributed by atoms with E-state index >= 15 is 8.78 Å². The number of alkyl halides is 2. The summed E-state index contributed by atoms with van der Waals surface area (Å²) in [5.41, 5.74) is 4.84. The summed E-state index contributed by atoms with van der Waals surface area (Å²) >= 11 is 0. The first-order valence-electron chi connectivity index (χ1n) is 22.2. The number of pyridine rings is 1. The number of anilines is 5. The maximum absolute atomic E-state index is 15.2. The summed E-state index contributed by atoms with van der Waals surface area (Å²) in [5.74, 6) is -2.58. The third-order valence-corrected chi connectivity index (χ3v) is 13.7. The first kappa shape index (κ1) is 40.7. The molecule has 8 heterocycles. The van der Waals surface area contributed by atoms with Crippen LogP contribution in [-0.4, -0.2) is 104 Å². The number of nitrogens with zero attached hydrogens (tertiary/aromatic N) is 10. The van der Waals surface area contributed by atoms with Crippen LogP contribution in [0.2, 0.25) is 0 Å². The first-order valence-corrected chi connectivity index (χ1v) is 22.2. The maximum Gasteiger partial charge on any atom is 0.320 e. The Bertz CT molecular complexity index is 3090. The molecule has 1 aliphatic carbocycles. The fourth-order valence-corrected chi connectivity index (χ4v) is 9.97. The number of halogens is 2. The van der Waals surface area contributed by atoms with Crippen molar-refractivity contribution in [3.63, 3.8) is 0 Å². The zero-order chi connectivity index (χ0) is 44.7. The number of allylic oxidation sites excluding steroid dienone is 1. The molecule has 4 aromatic heterocycles. The van der Waals surface area contributed by atoms with Crippen molar-refractivity contribution in [1.29, 1.82) is 5.26 Å². The standard InChI is InChI=1S/C46H47F2N13O4/c1-56-34-9-5-29(19-33(34)40-41(45(56)64)65-25-46(47,48)42(54-40)27-3-4-27)51-37-21-36(52-43-28(22-49)23-50-61(37)43)60-13-11-26(12-14-60)24-58-15-17-59(18-16-58)30-6-7-31-35(20-30)57(2)55-39(31)32-8-10-38(62)53-44(32)63/h5-7,9,19-21,23,26,32,51,54H,3-4,8,10-18,24-25H2,1-2H3,(H,53,62,63). The minimum atomic E-state index is -3.27. The van der Waals surface area contributed by atoms with Crippen LogP contribution in [0.25, 0.3) is 27.5 Å². The Labute approximate surface area is 371 Å². The van der Waals surface area contributed by atoms with Crippen LogP contribution < -0.4 is 36.0 Å². The number of ether oxygens (including phenoxy) is 1. The maximum atomic E-state index is 15.2. The van der Waals surface area contributed by atoms with Gasteiger partial charge >= 0.3 is 5.92 Å². The Kier molecular flexibility index (Phi) is 9.75. The number of nitrogens with one attached hydrogen (secondary N) is 3. The van der Waals surface area contributed by atoms with Crippen molar-refractivity contribution >= 4 is 68.0 Å². The van der Waals surface area contributed by atoms with Gasteiger partial charge in [-0.15, -0.1) is 0 Å². The fourth-order valence-electron chi connectivity index (χ4n) is 9.97. The van der Waals surface area contributed by atoms with Gasteiger partial charge < -0.3 is 29.7 Å². The van der Waals surface area contributed by atoms with E-state index in [1.165, 1.54) is 10.8 Å². The molecule has 0 bridgehead atoms. The quantitative estimate of drug-likeness (QED) is 0.180. The average Bonchev–Trinajstić information content (AvgIpc) is 4.00. The second-order valence-electron chi connectivity index (χ2n) is 17.9. The molecule has 0 spiro atoms. The average molecular weight is 884 g/mol. The molecule has 65 heavy (non-hydrogen) atoms. The normalized spacial score (nSPS) is 20.4. The number of fused-ring (bicyclic) bond motifs is 5. The van der Waals surface area contributed by atoms with Gasteiger partial charge in [-0.3, -0.25) is 29.3 Å². The Morgan fingerprint density at radius 3 is 2.46 bits per heavy atom. The summed E-state index contributed by atoms with van der Waals surface area (Å²) < 4.78 is 40.8. The summed E-state index contributed by atoms with van der Waals surface area (Å²) in [6, 6.07) is 15.8. The largest absolute Gasteiger partial charge is 0.479 e. The smallest absolute Gasteiger partial charge is 0.320 e. The van der Waals surface area contributed by atoms with Crippen LogP contribution in [0.3, 0.4) is 0 Å². The van der Waals surface area contributed by atoms with Crippen LogP contribution in [-0.2, 0) is 23.7 Å². The monoisotopic (exact) mass is 883 g/mol. The molecular weight excluding hydrogens is 837 g/mol. The number of hydrogen-bond acceptors (Lipinski definition) is 13. The van der Waals surface area contributed by atoms with Gasteiger partial charge in [0.2, 0.25) is 17.6 Å². The van der Waals surface area contributed by atoms with Crippen molar-refractivity contribution in [2.45, 2.75) is 50.4 Å². The van der Waals surface area contributed by atoms with Gasteiger partial charge in [0.05, 0.1) is 40.2 Å². The van der Waals surface area contributed by atoms with Gasteiger partial charge in [0.15, 0.2) is 12.3 Å². The number of rotatable bonds is 7. The van der Waals surface area contributed by atoms with E-state index < -0.39 is 24.0 Å². The molecule has 334 valence electrons. The van der Waals surface area contributed by atoms with Crippen LogP contribution in [0.15, 0.2) is 64.7 Å². The highest BCUT2D eigenvalue weighted by Crippen LogP contribution is 2.45. The number of piperidine rings is 2. The highest BCUT2D eigenvalue weighted by molar-refractivity contribution is 6.03. The minimum absolute atomic E-state index is 0.151. The molecule has 1 saturated carbocycles. The zero-order valence-electron chi connectivity index (χ0n) is 36.0. The molecule has 3 saturated heterocycles. The second kappa shape index (κ2) is 15.6. The number of imide groups is 1. The Hall–Kier alpha value is -7.07. The van der Waals surface area contributed by atoms with Crippen LogP contribution >= 0.6 is 0 Å². The lowest BCUT2D eigenvalue weighted by molar-refractivity contribution is -0.134. The van der Waals surface area contributed by atoms with Crippen LogP contribution in [0.5, 0.6) is 5.75 Å². The van der Waals surface area contributed by atoms with E-state index in [4.69, 9.17) is 14.8 Å². The minimum Gasteiger partial charge on any atom is -0.479 e. The van der Waals surface area contributed by atoms with Crippen LogP contribution in [0, 0.1) is 17.2 Å². The van der Waals surface area contributed by atoms with Gasteiger partial charge in [-0.05, 0) is 80.0 Å². The lowest BCUT2D eigenvalue weighted by Crippen LogP contribution is -2.49. The van der Waals surface area contributed by atoms with E-state index in [0.717, 1.165) is 80.9 Å². The first-order chi connectivity index (χ1) is 31.4. The summed E-state index contributed by atoms with van der Waals surface area (Å²) in [6.45, 7) is 5.33. The number of aryl methyl sites for hydroxylation is 2. The highest BCUT2D eigenvalue weighted by Gasteiger charge is 2.44. The summed E-state index contributed by atoms with van der Waals surface area (Å²) in [6.07, 6.45) is 5.37. The number of nitriles is 1. The Morgan fingerprint density at radius 2 is 1.71 bits per heavy atom. The number of benzene rings is 2. The molecule has 2 aromatic carbocycles. The molecule has 1 unspecified atom stereocenters. The fraction of sp³-hybridized carbons (Fsp3) is 0.413. The number of amides is 2. The van der Waals surface area contributed by atoms with Gasteiger partial charge in [0.25, 0.3) is 5.56 Å². The molecule has 19 heteroatoms. The lowest BCUT2D eigenvalue weighted by Gasteiger charge is -2.40. The molecule has 1 atom stereocenters. The Morgan fingerprint density at radius 1 is 0.908 bits per heavy atom. The molecule has 4 fully saturated rings. The predicted octanol–water partition coefficient (Wildman–Crippen LogP) is 5.13. The van der Waals surface area contributed by atoms with Crippen molar-refractivity contribution in [3.8, 4) is 11.8 Å². The zero-order valence-corrected chi connectivity index (χ0v) is 36.0. The molecule has 6 aromatic rings. The molecular formula is C46H47F2N13O4. The third-order valence-electron chi connectivity index (χ3n) is 13.7. The highest BCUT2D eigenvalue weighted by atomic mass is 19.3. The number of carbonyl (C=O) groups excluding carboxylic acids is 2.